The molecular weight excluding hydrogens is 120 g/mol. The Labute approximate surface area is 51.3 Å². The van der Waals surface area contributed by atoms with Gasteiger partial charge in [0.2, 0.25) is 0 Å². The van der Waals surface area contributed by atoms with Crippen molar-refractivity contribution in [3.63, 3.8) is 0 Å². The normalized spacial score (nSPS) is 9.44. The summed E-state index contributed by atoms with van der Waals surface area (Å²) >= 11 is 0. The topological polar surface area (TPSA) is 104 Å². The lowest BCUT2D eigenvalue weighted by atomic mass is 10.6. The van der Waals surface area contributed by atoms with Crippen molar-refractivity contribution in [1.82, 2.24) is 20.4 Å². The number of rotatable bonds is 1. The number of hydrogen-bond acceptors (Lipinski definition) is 6. The summed E-state index contributed by atoms with van der Waals surface area (Å²) in [6.45, 7) is 0.236. The minimum absolute atomic E-state index is 0.0622. The van der Waals surface area contributed by atoms with Crippen molar-refractivity contribution >= 4 is 5.95 Å². The Bertz CT molecular complexity index is 180. The third-order valence-electron chi connectivity index (χ3n) is 0.718. The van der Waals surface area contributed by atoms with Gasteiger partial charge in [-0.05, 0) is 0 Å². The van der Waals surface area contributed by atoms with Gasteiger partial charge in [-0.2, -0.15) is 0 Å². The molecule has 0 atom stereocenters. The fourth-order valence-electron chi connectivity index (χ4n) is 0.340. The van der Waals surface area contributed by atoms with E-state index in [-0.39, 0.29) is 12.5 Å². The van der Waals surface area contributed by atoms with Gasteiger partial charge in [-0.25, -0.2) is 0 Å². The van der Waals surface area contributed by atoms with E-state index < -0.39 is 0 Å². The molecule has 0 radical (unpaired) electrons. The molecule has 0 aliphatic carbocycles. The van der Waals surface area contributed by atoms with Crippen molar-refractivity contribution in [3.05, 3.63) is 5.82 Å². The van der Waals surface area contributed by atoms with Crippen LogP contribution in [0.4, 0.5) is 5.95 Å². The van der Waals surface area contributed by atoms with Crippen LogP contribution in [0.3, 0.4) is 0 Å². The first-order chi connectivity index (χ1) is 4.33. The van der Waals surface area contributed by atoms with E-state index in [1.165, 1.54) is 0 Å². The number of nitrogens with zero attached hydrogens (tertiary/aromatic N) is 4. The van der Waals surface area contributed by atoms with E-state index in [9.17, 15) is 0 Å². The summed E-state index contributed by atoms with van der Waals surface area (Å²) in [5.74, 6) is 0.455. The number of nitrogens with two attached hydrogens (primary N) is 2. The Morgan fingerprint density at radius 1 is 1.11 bits per heavy atom. The predicted octanol–water partition coefficient (Wildman–Crippen LogP) is -1.69. The molecule has 0 spiro atoms. The van der Waals surface area contributed by atoms with Crippen LogP contribution in [-0.2, 0) is 6.54 Å². The second-order valence-electron chi connectivity index (χ2n) is 1.38. The maximum atomic E-state index is 5.15. The predicted molar refractivity (Wildman–Crippen MR) is 29.9 cm³/mol. The Balaban J connectivity index is 2.88. The Morgan fingerprint density at radius 2 is 1.67 bits per heavy atom. The smallest absolute Gasteiger partial charge is 0.259 e. The van der Waals surface area contributed by atoms with Gasteiger partial charge in [0.15, 0.2) is 5.82 Å². The zero-order valence-corrected chi connectivity index (χ0v) is 4.65. The van der Waals surface area contributed by atoms with E-state index in [1.807, 2.05) is 0 Å². The van der Waals surface area contributed by atoms with Gasteiger partial charge in [-0.3, -0.25) is 0 Å². The molecule has 0 aromatic carbocycles. The molecule has 6 nitrogen and oxygen atoms in total. The first-order valence-electron chi connectivity index (χ1n) is 2.34. The summed E-state index contributed by atoms with van der Waals surface area (Å²) in [5, 5.41) is 13.9. The van der Waals surface area contributed by atoms with Crippen LogP contribution in [0, 0.1) is 0 Å². The lowest BCUT2D eigenvalue weighted by Gasteiger charge is -1.89. The lowest BCUT2D eigenvalue weighted by molar-refractivity contribution is 0.767. The quantitative estimate of drug-likeness (QED) is 0.465. The van der Waals surface area contributed by atoms with Crippen molar-refractivity contribution in [2.75, 3.05) is 5.73 Å². The summed E-state index contributed by atoms with van der Waals surface area (Å²) < 4.78 is 0. The van der Waals surface area contributed by atoms with Gasteiger partial charge in [0.05, 0.1) is 6.54 Å². The van der Waals surface area contributed by atoms with E-state index in [0.29, 0.717) is 5.82 Å². The number of anilines is 1. The van der Waals surface area contributed by atoms with Gasteiger partial charge in [0.25, 0.3) is 5.95 Å². The molecule has 0 aliphatic heterocycles. The van der Waals surface area contributed by atoms with Gasteiger partial charge in [-0.15, -0.1) is 20.4 Å². The molecule has 0 aliphatic rings. The van der Waals surface area contributed by atoms with Crippen molar-refractivity contribution in [1.29, 1.82) is 0 Å². The monoisotopic (exact) mass is 126 g/mol. The first-order valence-corrected chi connectivity index (χ1v) is 2.34. The molecule has 1 aromatic heterocycles. The molecular formula is C3H6N6. The van der Waals surface area contributed by atoms with Gasteiger partial charge in [-0.1, -0.05) is 0 Å². The first kappa shape index (κ1) is 5.83. The summed E-state index contributed by atoms with van der Waals surface area (Å²) in [5.41, 5.74) is 10.2. The molecule has 0 fully saturated rings. The van der Waals surface area contributed by atoms with Gasteiger partial charge in [0, 0.05) is 0 Å². The largest absolute Gasteiger partial charge is 0.365 e. The third-order valence-corrected chi connectivity index (χ3v) is 0.718. The van der Waals surface area contributed by atoms with Crippen LogP contribution in [-0.4, -0.2) is 20.4 Å². The molecule has 0 bridgehead atoms. The maximum Gasteiger partial charge on any atom is 0.259 e. The van der Waals surface area contributed by atoms with Gasteiger partial charge >= 0.3 is 0 Å². The van der Waals surface area contributed by atoms with E-state index in [1.54, 1.807) is 0 Å². The summed E-state index contributed by atoms with van der Waals surface area (Å²) in [6, 6.07) is 0. The average molecular weight is 126 g/mol. The highest BCUT2D eigenvalue weighted by Gasteiger charge is 1.92. The molecule has 48 valence electrons. The number of aromatic nitrogens is 4. The lowest BCUT2D eigenvalue weighted by Crippen LogP contribution is -2.08. The van der Waals surface area contributed by atoms with Crippen molar-refractivity contribution in [2.24, 2.45) is 5.73 Å². The van der Waals surface area contributed by atoms with Crippen LogP contribution < -0.4 is 11.5 Å². The minimum Gasteiger partial charge on any atom is -0.365 e. The molecule has 0 saturated heterocycles. The molecule has 0 saturated carbocycles. The molecule has 6 heteroatoms. The van der Waals surface area contributed by atoms with Crippen LogP contribution in [0.15, 0.2) is 0 Å². The van der Waals surface area contributed by atoms with Crippen LogP contribution in [0.25, 0.3) is 0 Å². The Morgan fingerprint density at radius 3 is 2.11 bits per heavy atom. The van der Waals surface area contributed by atoms with E-state index in [2.05, 4.69) is 20.4 Å². The maximum absolute atomic E-state index is 5.15. The second-order valence-corrected chi connectivity index (χ2v) is 1.38. The molecule has 4 N–H and O–H groups in total. The van der Waals surface area contributed by atoms with Crippen molar-refractivity contribution < 1.29 is 0 Å². The number of nitrogen functional groups attached to an aromatic ring is 1. The fraction of sp³-hybridized carbons (Fsp3) is 0.333. The van der Waals surface area contributed by atoms with Crippen LogP contribution in [0.2, 0.25) is 0 Å². The standard InChI is InChI=1S/C3H6N6/c4-1-2-6-8-3(5)9-7-2/h1,4H2,(H2,5,8,9). The van der Waals surface area contributed by atoms with Crippen molar-refractivity contribution in [3.8, 4) is 0 Å². The highest BCUT2D eigenvalue weighted by atomic mass is 15.3. The summed E-state index contributed by atoms with van der Waals surface area (Å²) in [7, 11) is 0. The van der Waals surface area contributed by atoms with Crippen molar-refractivity contribution in [2.45, 2.75) is 6.54 Å². The van der Waals surface area contributed by atoms with Gasteiger partial charge < -0.3 is 11.5 Å². The Kier molecular flexibility index (Phi) is 1.50. The summed E-state index contributed by atoms with van der Waals surface area (Å²) in [4.78, 5) is 0. The average Bonchev–Trinajstić information content (AvgIpc) is 1.90. The minimum atomic E-state index is 0.0622. The van der Waals surface area contributed by atoms with E-state index in [0.717, 1.165) is 0 Å². The molecule has 0 amide bonds. The molecule has 1 heterocycles. The molecule has 0 unspecified atom stereocenters. The number of hydrogen-bond donors (Lipinski definition) is 2. The fourth-order valence-corrected chi connectivity index (χ4v) is 0.340. The third kappa shape index (κ3) is 1.29. The van der Waals surface area contributed by atoms with Crippen LogP contribution in [0.1, 0.15) is 5.82 Å². The zero-order chi connectivity index (χ0) is 6.69. The SMILES string of the molecule is NCc1nnc(N)nn1. The van der Waals surface area contributed by atoms with Crippen LogP contribution >= 0.6 is 0 Å². The molecule has 1 rings (SSSR count). The summed E-state index contributed by atoms with van der Waals surface area (Å²) in [6.07, 6.45) is 0. The second kappa shape index (κ2) is 2.31. The molecule has 9 heavy (non-hydrogen) atoms. The van der Waals surface area contributed by atoms with E-state index >= 15 is 0 Å². The highest BCUT2D eigenvalue weighted by Crippen LogP contribution is 1.82. The zero-order valence-electron chi connectivity index (χ0n) is 4.65. The Hall–Kier alpha value is -1.30. The highest BCUT2D eigenvalue weighted by molar-refractivity contribution is 5.06. The van der Waals surface area contributed by atoms with E-state index in [4.69, 9.17) is 11.5 Å². The van der Waals surface area contributed by atoms with Crippen LogP contribution in [0.5, 0.6) is 0 Å². The molecule has 1 aromatic rings. The van der Waals surface area contributed by atoms with Gasteiger partial charge in [0.1, 0.15) is 0 Å².